The number of hydrogen-bond donors (Lipinski definition) is 2. The molecule has 1 aromatic carbocycles. The largest absolute Gasteiger partial charge is 0.365 e. The van der Waals surface area contributed by atoms with Gasteiger partial charge in [-0.3, -0.25) is 4.79 Å². The molecule has 1 unspecified atom stereocenters. The first-order valence-electron chi connectivity index (χ1n) is 8.59. The average Bonchev–Trinajstić information content (AvgIpc) is 3.27. The van der Waals surface area contributed by atoms with Gasteiger partial charge >= 0.3 is 0 Å². The predicted octanol–water partition coefficient (Wildman–Crippen LogP) is 3.16. The van der Waals surface area contributed by atoms with Gasteiger partial charge in [-0.25, -0.2) is 9.97 Å². The highest BCUT2D eigenvalue weighted by Crippen LogP contribution is 2.23. The molecule has 3 heterocycles. The molecule has 0 radical (unpaired) electrons. The van der Waals surface area contributed by atoms with E-state index >= 15 is 0 Å². The summed E-state index contributed by atoms with van der Waals surface area (Å²) in [6.45, 7) is 1.57. The van der Waals surface area contributed by atoms with E-state index in [1.807, 2.05) is 41.6 Å². The van der Waals surface area contributed by atoms with E-state index in [0.29, 0.717) is 11.6 Å². The maximum Gasteiger partial charge on any atom is 0.273 e. The molecule has 1 atom stereocenters. The minimum Gasteiger partial charge on any atom is -0.365 e. The highest BCUT2D eigenvalue weighted by Gasteiger charge is 2.26. The summed E-state index contributed by atoms with van der Waals surface area (Å²) in [4.78, 5) is 27.0. The van der Waals surface area contributed by atoms with Gasteiger partial charge in [0.15, 0.2) is 5.13 Å². The van der Waals surface area contributed by atoms with Gasteiger partial charge in [-0.2, -0.15) is 0 Å². The Bertz CT molecular complexity index is 853. The van der Waals surface area contributed by atoms with Crippen LogP contribution in [0, 0.1) is 5.92 Å². The summed E-state index contributed by atoms with van der Waals surface area (Å²) in [6.07, 6.45) is 3.02. The van der Waals surface area contributed by atoms with Crippen LogP contribution in [0.15, 0.2) is 29.6 Å². The van der Waals surface area contributed by atoms with Crippen molar-refractivity contribution in [2.45, 2.75) is 19.3 Å². The molecule has 2 aromatic heterocycles. The van der Waals surface area contributed by atoms with Crippen LogP contribution in [0.4, 0.5) is 5.13 Å². The first-order chi connectivity index (χ1) is 12.2. The highest BCUT2D eigenvalue weighted by molar-refractivity contribution is 7.13. The number of thiazole rings is 1. The van der Waals surface area contributed by atoms with Crippen LogP contribution in [0.2, 0.25) is 0 Å². The third kappa shape index (κ3) is 3.37. The zero-order valence-corrected chi connectivity index (χ0v) is 15.0. The molecule has 1 amide bonds. The fourth-order valence-corrected chi connectivity index (χ4v) is 4.09. The molecule has 2 N–H and O–H groups in total. The molecule has 7 heteroatoms. The normalized spacial score (nSPS) is 17.8. The maximum absolute atomic E-state index is 12.7. The third-order valence-electron chi connectivity index (χ3n) is 4.66. The lowest BCUT2D eigenvalue weighted by Gasteiger charge is -2.32. The van der Waals surface area contributed by atoms with Crippen molar-refractivity contribution in [3.63, 3.8) is 0 Å². The number of imidazole rings is 1. The Morgan fingerprint density at radius 3 is 3.08 bits per heavy atom. The number of aromatic nitrogens is 3. The van der Waals surface area contributed by atoms with Gasteiger partial charge in [0.05, 0.1) is 11.0 Å². The van der Waals surface area contributed by atoms with E-state index < -0.39 is 0 Å². The number of amides is 1. The average molecular weight is 355 g/mol. The number of H-pyrrole nitrogens is 1. The number of carbonyl (C=O) groups excluding carboxylic acids is 1. The number of nitrogens with one attached hydrogen (secondary N) is 2. The Kier molecular flexibility index (Phi) is 4.40. The number of carbonyl (C=O) groups is 1. The molecule has 6 nitrogen and oxygen atoms in total. The summed E-state index contributed by atoms with van der Waals surface area (Å²) < 4.78 is 0. The molecule has 1 fully saturated rings. The zero-order chi connectivity index (χ0) is 17.2. The summed E-state index contributed by atoms with van der Waals surface area (Å²) in [5.41, 5.74) is 2.62. The van der Waals surface area contributed by atoms with Crippen molar-refractivity contribution < 1.29 is 4.79 Å². The second-order valence-corrected chi connectivity index (χ2v) is 7.31. The molecule has 4 rings (SSSR count). The Hall–Kier alpha value is -2.41. The van der Waals surface area contributed by atoms with Crippen LogP contribution in [-0.4, -0.2) is 45.9 Å². The molecule has 1 aliphatic heterocycles. The first-order valence-corrected chi connectivity index (χ1v) is 9.47. The summed E-state index contributed by atoms with van der Waals surface area (Å²) in [7, 11) is 1.82. The number of benzene rings is 1. The molecule has 0 saturated carbocycles. The Labute approximate surface area is 150 Å². The number of likely N-dealkylation sites (tertiary alicyclic amines) is 1. The van der Waals surface area contributed by atoms with Crippen LogP contribution in [0.5, 0.6) is 0 Å². The van der Waals surface area contributed by atoms with E-state index in [1.165, 1.54) is 11.3 Å². The second-order valence-electron chi connectivity index (χ2n) is 6.45. The van der Waals surface area contributed by atoms with E-state index in [0.717, 1.165) is 54.3 Å². The van der Waals surface area contributed by atoms with Crippen LogP contribution in [0.3, 0.4) is 0 Å². The van der Waals surface area contributed by atoms with Gasteiger partial charge < -0.3 is 15.2 Å². The van der Waals surface area contributed by atoms with Crippen molar-refractivity contribution >= 4 is 33.4 Å². The van der Waals surface area contributed by atoms with Crippen LogP contribution in [0.25, 0.3) is 11.0 Å². The van der Waals surface area contributed by atoms with Crippen molar-refractivity contribution in [1.29, 1.82) is 0 Å². The predicted molar refractivity (Wildman–Crippen MR) is 100 cm³/mol. The Balaban J connectivity index is 1.44. The van der Waals surface area contributed by atoms with Gasteiger partial charge in [0, 0.05) is 31.9 Å². The van der Waals surface area contributed by atoms with Crippen LogP contribution in [-0.2, 0) is 6.42 Å². The molecule has 0 bridgehead atoms. The Morgan fingerprint density at radius 1 is 1.40 bits per heavy atom. The number of rotatable bonds is 4. The lowest BCUT2D eigenvalue weighted by molar-refractivity contribution is 0.0667. The maximum atomic E-state index is 12.7. The van der Waals surface area contributed by atoms with Crippen LogP contribution in [0.1, 0.15) is 29.2 Å². The molecule has 3 aromatic rings. The summed E-state index contributed by atoms with van der Waals surface area (Å²) in [6, 6.07) is 8.08. The van der Waals surface area contributed by atoms with E-state index in [2.05, 4.69) is 20.3 Å². The fraction of sp³-hybridized carbons (Fsp3) is 0.389. The molecule has 0 aliphatic carbocycles. The monoisotopic (exact) mass is 355 g/mol. The lowest BCUT2D eigenvalue weighted by atomic mass is 9.94. The van der Waals surface area contributed by atoms with Gasteiger partial charge in [-0.05, 0) is 30.9 Å². The van der Waals surface area contributed by atoms with E-state index in [-0.39, 0.29) is 5.91 Å². The number of hydrogen-bond acceptors (Lipinski definition) is 5. The van der Waals surface area contributed by atoms with Gasteiger partial charge in [0.25, 0.3) is 5.91 Å². The summed E-state index contributed by atoms with van der Waals surface area (Å²) in [5.74, 6) is 1.47. The minimum atomic E-state index is 0.0343. The second kappa shape index (κ2) is 6.84. The van der Waals surface area contributed by atoms with Crippen molar-refractivity contribution in [2.75, 3.05) is 25.5 Å². The standard InChI is InChI=1S/C18H21N5OS/c1-19-18-22-15(11-25-18)17(24)23-8-4-5-12(10-23)9-16-20-13-6-2-3-7-14(13)21-16/h2-3,6-7,11-12H,4-5,8-10H2,1H3,(H,19,22)(H,20,21). The summed E-state index contributed by atoms with van der Waals surface area (Å²) >= 11 is 1.46. The number of para-hydroxylation sites is 2. The summed E-state index contributed by atoms with van der Waals surface area (Å²) in [5, 5.41) is 5.59. The molecule has 0 spiro atoms. The van der Waals surface area contributed by atoms with Gasteiger partial charge in [0.2, 0.25) is 0 Å². The van der Waals surface area contributed by atoms with E-state index in [9.17, 15) is 4.79 Å². The van der Waals surface area contributed by atoms with Gasteiger partial charge in [0.1, 0.15) is 11.5 Å². The first kappa shape index (κ1) is 16.1. The molecule has 1 saturated heterocycles. The van der Waals surface area contributed by atoms with Gasteiger partial charge in [-0.1, -0.05) is 12.1 Å². The zero-order valence-electron chi connectivity index (χ0n) is 14.2. The van der Waals surface area contributed by atoms with Crippen molar-refractivity contribution in [2.24, 2.45) is 5.92 Å². The quantitative estimate of drug-likeness (QED) is 0.754. The number of anilines is 1. The van der Waals surface area contributed by atoms with Crippen LogP contribution >= 0.6 is 11.3 Å². The van der Waals surface area contributed by atoms with Crippen molar-refractivity contribution in [3.8, 4) is 0 Å². The van der Waals surface area contributed by atoms with Gasteiger partial charge in [-0.15, -0.1) is 11.3 Å². The molecule has 1 aliphatic rings. The fourth-order valence-electron chi connectivity index (χ4n) is 3.44. The molecule has 130 valence electrons. The lowest BCUT2D eigenvalue weighted by Crippen LogP contribution is -2.40. The van der Waals surface area contributed by atoms with Crippen molar-refractivity contribution in [1.82, 2.24) is 19.9 Å². The number of aromatic amines is 1. The topological polar surface area (TPSA) is 73.9 Å². The molecular weight excluding hydrogens is 334 g/mol. The number of nitrogens with zero attached hydrogens (tertiary/aromatic N) is 3. The molecular formula is C18H21N5OS. The smallest absolute Gasteiger partial charge is 0.273 e. The molecule has 25 heavy (non-hydrogen) atoms. The van der Waals surface area contributed by atoms with Crippen molar-refractivity contribution in [3.05, 3.63) is 41.2 Å². The highest BCUT2D eigenvalue weighted by atomic mass is 32.1. The minimum absolute atomic E-state index is 0.0343. The van der Waals surface area contributed by atoms with Crippen LogP contribution < -0.4 is 5.32 Å². The Morgan fingerprint density at radius 2 is 2.28 bits per heavy atom. The SMILES string of the molecule is CNc1nc(C(=O)N2CCCC(Cc3nc4ccccc4[nH]3)C2)cs1. The van der Waals surface area contributed by atoms with E-state index in [4.69, 9.17) is 0 Å². The number of piperidine rings is 1. The van der Waals surface area contributed by atoms with E-state index in [1.54, 1.807) is 0 Å². The number of fused-ring (bicyclic) bond motifs is 1. The third-order valence-corrected chi connectivity index (χ3v) is 5.52.